The number of benzene rings is 1. The molecule has 17 heavy (non-hydrogen) atoms. The average molecular weight is 228 g/mol. The van der Waals surface area contributed by atoms with E-state index in [9.17, 15) is 4.39 Å². The second-order valence-corrected chi connectivity index (χ2v) is 3.73. The van der Waals surface area contributed by atoms with E-state index >= 15 is 0 Å². The van der Waals surface area contributed by atoms with Crippen LogP contribution in [-0.4, -0.2) is 15.2 Å². The average Bonchev–Trinajstić information content (AvgIpc) is 2.79. The maximum atomic E-state index is 12.9. The van der Waals surface area contributed by atoms with Gasteiger partial charge in [-0.3, -0.25) is 5.10 Å². The number of halogens is 1. The molecular weight excluding hydrogens is 219 g/mol. The molecule has 2 aromatic heterocycles. The van der Waals surface area contributed by atoms with Crippen LogP contribution >= 0.6 is 0 Å². The summed E-state index contributed by atoms with van der Waals surface area (Å²) >= 11 is 0. The molecule has 0 saturated heterocycles. The smallest absolute Gasteiger partial charge is 0.155 e. The summed E-state index contributed by atoms with van der Waals surface area (Å²) in [5, 5.41) is 7.54. The minimum absolute atomic E-state index is 0.273. The first-order valence-electron chi connectivity index (χ1n) is 5.09. The Labute approximate surface area is 96.3 Å². The van der Waals surface area contributed by atoms with E-state index in [1.165, 1.54) is 12.1 Å². The molecule has 0 unspecified atom stereocenters. The second-order valence-electron chi connectivity index (χ2n) is 3.73. The van der Waals surface area contributed by atoms with E-state index in [1.807, 2.05) is 0 Å². The van der Waals surface area contributed by atoms with Crippen LogP contribution in [0.2, 0.25) is 0 Å². The Morgan fingerprint density at radius 2 is 1.88 bits per heavy atom. The molecule has 2 heterocycles. The highest BCUT2D eigenvalue weighted by atomic mass is 19.1. The summed E-state index contributed by atoms with van der Waals surface area (Å²) in [7, 11) is 0. The van der Waals surface area contributed by atoms with Crippen molar-refractivity contribution in [1.29, 1.82) is 0 Å². The molecule has 3 N–H and O–H groups in total. The van der Waals surface area contributed by atoms with Crippen molar-refractivity contribution in [3.05, 3.63) is 42.5 Å². The Balaban J connectivity index is 2.31. The molecule has 0 amide bonds. The number of hydrogen-bond donors (Lipinski definition) is 2. The lowest BCUT2D eigenvalue weighted by Crippen LogP contribution is -1.92. The Hall–Kier alpha value is -2.43. The van der Waals surface area contributed by atoms with Crippen LogP contribution in [-0.2, 0) is 0 Å². The van der Waals surface area contributed by atoms with E-state index in [0.717, 1.165) is 16.5 Å². The van der Waals surface area contributed by atoms with Crippen molar-refractivity contribution in [3.8, 4) is 11.1 Å². The first-order valence-corrected chi connectivity index (χ1v) is 5.09. The number of nitrogens with zero attached hydrogens (tertiary/aromatic N) is 2. The van der Waals surface area contributed by atoms with Gasteiger partial charge in [-0.1, -0.05) is 12.1 Å². The summed E-state index contributed by atoms with van der Waals surface area (Å²) < 4.78 is 12.9. The van der Waals surface area contributed by atoms with Gasteiger partial charge in [0.1, 0.15) is 5.82 Å². The maximum Gasteiger partial charge on any atom is 0.155 e. The lowest BCUT2D eigenvalue weighted by molar-refractivity contribution is 0.628. The predicted molar refractivity (Wildman–Crippen MR) is 63.7 cm³/mol. The van der Waals surface area contributed by atoms with Crippen LogP contribution in [0.4, 0.5) is 10.1 Å². The van der Waals surface area contributed by atoms with Gasteiger partial charge in [-0.25, -0.2) is 9.37 Å². The zero-order valence-corrected chi connectivity index (χ0v) is 8.81. The van der Waals surface area contributed by atoms with Gasteiger partial charge < -0.3 is 5.73 Å². The van der Waals surface area contributed by atoms with E-state index in [0.29, 0.717) is 11.3 Å². The Kier molecular flexibility index (Phi) is 2.04. The predicted octanol–water partition coefficient (Wildman–Crippen LogP) is 2.35. The van der Waals surface area contributed by atoms with Crippen LogP contribution in [0.1, 0.15) is 0 Å². The van der Waals surface area contributed by atoms with Crippen LogP contribution in [0.25, 0.3) is 22.2 Å². The number of pyridine rings is 1. The topological polar surface area (TPSA) is 67.6 Å². The largest absolute Gasteiger partial charge is 0.397 e. The molecule has 3 rings (SSSR count). The molecule has 5 heteroatoms. The van der Waals surface area contributed by atoms with Crippen molar-refractivity contribution in [2.75, 3.05) is 5.73 Å². The third-order valence-corrected chi connectivity index (χ3v) is 2.64. The van der Waals surface area contributed by atoms with Crippen molar-refractivity contribution in [2.45, 2.75) is 0 Å². The van der Waals surface area contributed by atoms with Gasteiger partial charge in [0.25, 0.3) is 0 Å². The number of rotatable bonds is 1. The van der Waals surface area contributed by atoms with Gasteiger partial charge in [0, 0.05) is 10.9 Å². The van der Waals surface area contributed by atoms with Gasteiger partial charge >= 0.3 is 0 Å². The number of H-pyrrole nitrogens is 1. The lowest BCUT2D eigenvalue weighted by Gasteiger charge is -2.06. The summed E-state index contributed by atoms with van der Waals surface area (Å²) in [6.07, 6.45) is 3.23. The van der Waals surface area contributed by atoms with Crippen LogP contribution in [0.15, 0.2) is 36.7 Å². The first-order chi connectivity index (χ1) is 8.25. The highest BCUT2D eigenvalue weighted by molar-refractivity contribution is 5.98. The Bertz CT molecular complexity index is 673. The number of nitrogen functional groups attached to an aromatic ring is 1. The highest BCUT2D eigenvalue weighted by Gasteiger charge is 2.10. The van der Waals surface area contributed by atoms with Gasteiger partial charge in [0.15, 0.2) is 5.65 Å². The van der Waals surface area contributed by atoms with Gasteiger partial charge in [0.05, 0.1) is 18.1 Å². The van der Waals surface area contributed by atoms with Gasteiger partial charge in [-0.15, -0.1) is 0 Å². The lowest BCUT2D eigenvalue weighted by atomic mass is 10.0. The molecule has 0 aliphatic carbocycles. The molecule has 0 saturated carbocycles. The summed E-state index contributed by atoms with van der Waals surface area (Å²) in [6.45, 7) is 0. The van der Waals surface area contributed by atoms with E-state index < -0.39 is 0 Å². The zero-order chi connectivity index (χ0) is 11.8. The summed E-state index contributed by atoms with van der Waals surface area (Å²) in [5.74, 6) is -0.273. The molecule has 0 fully saturated rings. The molecule has 1 aromatic carbocycles. The molecule has 0 radical (unpaired) electrons. The molecule has 0 atom stereocenters. The number of aromatic amines is 1. The maximum absolute atomic E-state index is 12.9. The quantitative estimate of drug-likeness (QED) is 0.671. The minimum Gasteiger partial charge on any atom is -0.397 e. The van der Waals surface area contributed by atoms with Crippen molar-refractivity contribution >= 4 is 16.7 Å². The Morgan fingerprint density at radius 3 is 2.65 bits per heavy atom. The van der Waals surface area contributed by atoms with Crippen molar-refractivity contribution in [2.24, 2.45) is 0 Å². The minimum atomic E-state index is -0.273. The summed E-state index contributed by atoms with van der Waals surface area (Å²) in [5.41, 5.74) is 8.80. The second kappa shape index (κ2) is 3.55. The monoisotopic (exact) mass is 228 g/mol. The molecule has 84 valence electrons. The summed E-state index contributed by atoms with van der Waals surface area (Å²) in [6, 6.07) is 6.18. The van der Waals surface area contributed by atoms with Crippen LogP contribution in [0.3, 0.4) is 0 Å². The molecule has 0 spiro atoms. The fourth-order valence-electron chi connectivity index (χ4n) is 1.85. The highest BCUT2D eigenvalue weighted by Crippen LogP contribution is 2.31. The van der Waals surface area contributed by atoms with Crippen LogP contribution < -0.4 is 5.73 Å². The third-order valence-electron chi connectivity index (χ3n) is 2.64. The molecule has 0 aliphatic heterocycles. The number of nitrogens with two attached hydrogens (primary N) is 1. The standard InChI is InChI=1S/C12H9FN4/c13-8-3-1-7(2-4-8)11-9-5-16-17-12(9)15-6-10(11)14/h1-6H,14H2,(H,15,16,17). The van der Waals surface area contributed by atoms with Crippen molar-refractivity contribution < 1.29 is 4.39 Å². The normalized spacial score (nSPS) is 10.9. The molecule has 0 aliphatic rings. The van der Waals surface area contributed by atoms with Gasteiger partial charge in [-0.05, 0) is 17.7 Å². The number of aromatic nitrogens is 3. The number of nitrogens with one attached hydrogen (secondary N) is 1. The Morgan fingerprint density at radius 1 is 1.12 bits per heavy atom. The zero-order valence-electron chi connectivity index (χ0n) is 8.81. The third kappa shape index (κ3) is 1.52. The van der Waals surface area contributed by atoms with E-state index in [-0.39, 0.29) is 5.82 Å². The van der Waals surface area contributed by atoms with Crippen molar-refractivity contribution in [1.82, 2.24) is 15.2 Å². The fourth-order valence-corrected chi connectivity index (χ4v) is 1.85. The fraction of sp³-hybridized carbons (Fsp3) is 0. The SMILES string of the molecule is Nc1cnc2[nH]ncc2c1-c1ccc(F)cc1. The molecule has 0 bridgehead atoms. The van der Waals surface area contributed by atoms with Crippen molar-refractivity contribution in [3.63, 3.8) is 0 Å². The van der Waals surface area contributed by atoms with Crippen LogP contribution in [0.5, 0.6) is 0 Å². The van der Waals surface area contributed by atoms with E-state index in [4.69, 9.17) is 5.73 Å². The molecule has 4 nitrogen and oxygen atoms in total. The van der Waals surface area contributed by atoms with E-state index in [1.54, 1.807) is 24.5 Å². The molecular formula is C12H9FN4. The molecule has 3 aromatic rings. The van der Waals surface area contributed by atoms with Gasteiger partial charge in [-0.2, -0.15) is 5.10 Å². The first kappa shape index (κ1) is 9.77. The van der Waals surface area contributed by atoms with Crippen LogP contribution in [0, 0.1) is 5.82 Å². The number of hydrogen-bond acceptors (Lipinski definition) is 3. The number of fused-ring (bicyclic) bond motifs is 1. The number of anilines is 1. The van der Waals surface area contributed by atoms with Gasteiger partial charge in [0.2, 0.25) is 0 Å². The van der Waals surface area contributed by atoms with E-state index in [2.05, 4.69) is 15.2 Å². The summed E-state index contributed by atoms with van der Waals surface area (Å²) in [4.78, 5) is 4.13.